The molecular weight excluding hydrogens is 162 g/mol. The molecule has 2 atom stereocenters. The molecule has 0 aromatic carbocycles. The summed E-state index contributed by atoms with van der Waals surface area (Å²) in [6.07, 6.45) is 2.31. The molecule has 0 amide bonds. The van der Waals surface area contributed by atoms with E-state index in [1.165, 1.54) is 0 Å². The summed E-state index contributed by atoms with van der Waals surface area (Å²) in [6.45, 7) is 8.33. The molecule has 2 heteroatoms. The van der Waals surface area contributed by atoms with E-state index >= 15 is 0 Å². The molecule has 0 aliphatic heterocycles. The number of carbonyl (C=O) groups is 1. The van der Waals surface area contributed by atoms with Crippen molar-refractivity contribution in [1.29, 1.82) is 0 Å². The molecular formula is C11H23NO. The first-order valence-electron chi connectivity index (χ1n) is 5.24. The Balaban J connectivity index is 3.74. The average Bonchev–Trinajstić information content (AvgIpc) is 2.03. The molecule has 0 radical (unpaired) electrons. The van der Waals surface area contributed by atoms with Crippen LogP contribution in [-0.2, 0) is 4.79 Å². The molecule has 0 spiro atoms. The molecule has 0 fully saturated rings. The fraction of sp³-hybridized carbons (Fsp3) is 0.909. The lowest BCUT2D eigenvalue weighted by Gasteiger charge is -2.15. The Morgan fingerprint density at radius 1 is 1.23 bits per heavy atom. The molecule has 2 nitrogen and oxygen atoms in total. The van der Waals surface area contributed by atoms with Gasteiger partial charge in [0.15, 0.2) is 0 Å². The lowest BCUT2D eigenvalue weighted by atomic mass is 9.94. The molecule has 78 valence electrons. The number of ketones is 1. The van der Waals surface area contributed by atoms with Gasteiger partial charge in [-0.2, -0.15) is 0 Å². The van der Waals surface area contributed by atoms with Crippen molar-refractivity contribution in [1.82, 2.24) is 0 Å². The van der Waals surface area contributed by atoms with Crippen molar-refractivity contribution in [2.45, 2.75) is 53.0 Å². The lowest BCUT2D eigenvalue weighted by Crippen LogP contribution is -2.29. The highest BCUT2D eigenvalue weighted by atomic mass is 16.1. The van der Waals surface area contributed by atoms with Crippen LogP contribution in [0.25, 0.3) is 0 Å². The van der Waals surface area contributed by atoms with Crippen LogP contribution in [0.15, 0.2) is 0 Å². The second kappa shape index (κ2) is 6.14. The molecule has 0 saturated carbocycles. The molecule has 0 bridgehead atoms. The van der Waals surface area contributed by atoms with E-state index in [9.17, 15) is 4.79 Å². The summed E-state index contributed by atoms with van der Waals surface area (Å²) in [4.78, 5) is 11.4. The summed E-state index contributed by atoms with van der Waals surface area (Å²) in [5.41, 5.74) is 5.81. The SMILES string of the molecule is CCC(C)CC(=O)CC(N)C(C)C. The van der Waals surface area contributed by atoms with Gasteiger partial charge in [-0.15, -0.1) is 0 Å². The van der Waals surface area contributed by atoms with Gasteiger partial charge in [-0.05, 0) is 11.8 Å². The fourth-order valence-corrected chi connectivity index (χ4v) is 1.11. The molecule has 13 heavy (non-hydrogen) atoms. The van der Waals surface area contributed by atoms with E-state index in [0.29, 0.717) is 30.5 Å². The highest BCUT2D eigenvalue weighted by Gasteiger charge is 2.14. The number of rotatable bonds is 6. The summed E-state index contributed by atoms with van der Waals surface area (Å²) >= 11 is 0. The molecule has 2 unspecified atom stereocenters. The van der Waals surface area contributed by atoms with E-state index in [1.54, 1.807) is 0 Å². The topological polar surface area (TPSA) is 43.1 Å². The Morgan fingerprint density at radius 3 is 2.15 bits per heavy atom. The minimum Gasteiger partial charge on any atom is -0.327 e. The summed E-state index contributed by atoms with van der Waals surface area (Å²) in [7, 11) is 0. The molecule has 0 aromatic rings. The predicted molar refractivity (Wildman–Crippen MR) is 56.5 cm³/mol. The van der Waals surface area contributed by atoms with Crippen molar-refractivity contribution in [2.24, 2.45) is 17.6 Å². The van der Waals surface area contributed by atoms with E-state index in [2.05, 4.69) is 27.7 Å². The standard InChI is InChI=1S/C11H23NO/c1-5-9(4)6-10(13)7-11(12)8(2)3/h8-9,11H,5-7,12H2,1-4H3. The van der Waals surface area contributed by atoms with Gasteiger partial charge in [0.1, 0.15) is 5.78 Å². The van der Waals surface area contributed by atoms with Crippen LogP contribution in [0.4, 0.5) is 0 Å². The Labute approximate surface area is 81.9 Å². The monoisotopic (exact) mass is 185 g/mol. The minimum absolute atomic E-state index is 0.0385. The highest BCUT2D eigenvalue weighted by Crippen LogP contribution is 2.11. The second-order valence-corrected chi connectivity index (χ2v) is 4.37. The molecule has 0 rings (SSSR count). The largest absolute Gasteiger partial charge is 0.327 e. The van der Waals surface area contributed by atoms with E-state index < -0.39 is 0 Å². The predicted octanol–water partition coefficient (Wildman–Crippen LogP) is 2.37. The van der Waals surface area contributed by atoms with Crippen molar-refractivity contribution in [3.63, 3.8) is 0 Å². The van der Waals surface area contributed by atoms with Crippen molar-refractivity contribution in [2.75, 3.05) is 0 Å². The maximum atomic E-state index is 11.4. The molecule has 0 heterocycles. The van der Waals surface area contributed by atoms with Gasteiger partial charge in [0, 0.05) is 18.9 Å². The normalized spacial score (nSPS) is 15.8. The van der Waals surface area contributed by atoms with E-state index in [1.807, 2.05) is 0 Å². The van der Waals surface area contributed by atoms with Gasteiger partial charge in [0.25, 0.3) is 0 Å². The molecule has 0 aliphatic rings. The average molecular weight is 185 g/mol. The van der Waals surface area contributed by atoms with Crippen LogP contribution in [0.3, 0.4) is 0 Å². The summed E-state index contributed by atoms with van der Waals surface area (Å²) in [5.74, 6) is 1.23. The summed E-state index contributed by atoms with van der Waals surface area (Å²) in [6, 6.07) is 0.0385. The van der Waals surface area contributed by atoms with Gasteiger partial charge >= 0.3 is 0 Å². The number of hydrogen-bond donors (Lipinski definition) is 1. The minimum atomic E-state index is 0.0385. The first-order valence-corrected chi connectivity index (χ1v) is 5.24. The number of Topliss-reactive ketones (excluding diaryl/α,β-unsaturated/α-hetero) is 1. The van der Waals surface area contributed by atoms with Gasteiger partial charge in [0.2, 0.25) is 0 Å². The van der Waals surface area contributed by atoms with Gasteiger partial charge in [-0.3, -0.25) is 4.79 Å². The second-order valence-electron chi connectivity index (χ2n) is 4.37. The third-order valence-electron chi connectivity index (χ3n) is 2.59. The zero-order valence-electron chi connectivity index (χ0n) is 9.34. The van der Waals surface area contributed by atoms with Gasteiger partial charge in [0.05, 0.1) is 0 Å². The summed E-state index contributed by atoms with van der Waals surface area (Å²) < 4.78 is 0. The van der Waals surface area contributed by atoms with Crippen LogP contribution in [0.5, 0.6) is 0 Å². The van der Waals surface area contributed by atoms with E-state index in [0.717, 1.165) is 6.42 Å². The Kier molecular flexibility index (Phi) is 5.97. The quantitative estimate of drug-likeness (QED) is 0.690. The van der Waals surface area contributed by atoms with Crippen molar-refractivity contribution >= 4 is 5.78 Å². The van der Waals surface area contributed by atoms with Crippen LogP contribution in [0.2, 0.25) is 0 Å². The zero-order chi connectivity index (χ0) is 10.4. The fourth-order valence-electron chi connectivity index (χ4n) is 1.11. The van der Waals surface area contributed by atoms with Gasteiger partial charge in [-0.25, -0.2) is 0 Å². The Morgan fingerprint density at radius 2 is 1.77 bits per heavy atom. The van der Waals surface area contributed by atoms with Crippen molar-refractivity contribution in [3.8, 4) is 0 Å². The first-order chi connectivity index (χ1) is 5.97. The maximum absolute atomic E-state index is 11.4. The van der Waals surface area contributed by atoms with Crippen LogP contribution < -0.4 is 5.73 Å². The Hall–Kier alpha value is -0.370. The smallest absolute Gasteiger partial charge is 0.134 e. The number of carbonyl (C=O) groups excluding carboxylic acids is 1. The Bertz CT molecular complexity index is 154. The highest BCUT2D eigenvalue weighted by molar-refractivity contribution is 5.79. The van der Waals surface area contributed by atoms with E-state index in [4.69, 9.17) is 5.73 Å². The van der Waals surface area contributed by atoms with Crippen molar-refractivity contribution in [3.05, 3.63) is 0 Å². The third-order valence-corrected chi connectivity index (χ3v) is 2.59. The van der Waals surface area contributed by atoms with Crippen LogP contribution in [0.1, 0.15) is 47.0 Å². The van der Waals surface area contributed by atoms with Gasteiger partial charge in [-0.1, -0.05) is 34.1 Å². The molecule has 0 aromatic heterocycles. The number of nitrogens with two attached hydrogens (primary N) is 1. The zero-order valence-corrected chi connectivity index (χ0v) is 9.34. The van der Waals surface area contributed by atoms with Crippen LogP contribution in [0, 0.1) is 11.8 Å². The lowest BCUT2D eigenvalue weighted by molar-refractivity contribution is -0.120. The molecule has 0 saturated heterocycles. The first kappa shape index (κ1) is 12.6. The van der Waals surface area contributed by atoms with Crippen LogP contribution >= 0.6 is 0 Å². The van der Waals surface area contributed by atoms with Gasteiger partial charge < -0.3 is 5.73 Å². The van der Waals surface area contributed by atoms with Crippen LogP contribution in [-0.4, -0.2) is 11.8 Å². The van der Waals surface area contributed by atoms with E-state index in [-0.39, 0.29) is 6.04 Å². The maximum Gasteiger partial charge on any atom is 0.134 e. The third kappa shape index (κ3) is 5.81. The molecule has 2 N–H and O–H groups in total. The summed E-state index contributed by atoms with van der Waals surface area (Å²) in [5, 5.41) is 0. The van der Waals surface area contributed by atoms with Crippen molar-refractivity contribution < 1.29 is 4.79 Å². The molecule has 0 aliphatic carbocycles. The number of hydrogen-bond acceptors (Lipinski definition) is 2.